The van der Waals surface area contributed by atoms with Gasteiger partial charge in [0.05, 0.1) is 0 Å². The van der Waals surface area contributed by atoms with Crippen molar-refractivity contribution in [2.75, 3.05) is 19.5 Å². The van der Waals surface area contributed by atoms with Crippen molar-refractivity contribution in [1.29, 1.82) is 0 Å². The lowest BCUT2D eigenvalue weighted by molar-refractivity contribution is 0.171. The van der Waals surface area contributed by atoms with Crippen molar-refractivity contribution in [1.82, 2.24) is 5.32 Å². The molecule has 2 rings (SSSR count). The van der Waals surface area contributed by atoms with Gasteiger partial charge in [0.2, 0.25) is 0 Å². The Bertz CT molecular complexity index is 448. The molecule has 1 atom stereocenters. The number of nitrogens with one attached hydrogen (secondary N) is 1. The van der Waals surface area contributed by atoms with E-state index in [1.54, 1.807) is 11.8 Å². The monoisotopic (exact) mass is 279 g/mol. The number of fused-ring (bicyclic) bond motifs is 1. The van der Waals surface area contributed by atoms with Crippen LogP contribution in [0.3, 0.4) is 0 Å². The normalized spacial score (nSPS) is 15.1. The Balaban J connectivity index is 2.12. The van der Waals surface area contributed by atoms with Gasteiger partial charge in [0.15, 0.2) is 11.5 Å². The molecule has 1 aromatic rings. The van der Waals surface area contributed by atoms with E-state index in [0.717, 1.165) is 24.5 Å². The second kappa shape index (κ2) is 6.87. The fourth-order valence-electron chi connectivity index (χ4n) is 2.06. The molecule has 1 heterocycles. The molecule has 1 aliphatic rings. The van der Waals surface area contributed by atoms with Gasteiger partial charge in [-0.25, -0.2) is 0 Å². The summed E-state index contributed by atoms with van der Waals surface area (Å²) in [5.74, 6) is 1.72. The molecule has 0 bridgehead atoms. The van der Waals surface area contributed by atoms with Gasteiger partial charge in [0.25, 0.3) is 0 Å². The maximum absolute atomic E-state index is 5.64. The van der Waals surface area contributed by atoms with Crippen molar-refractivity contribution in [2.45, 2.75) is 30.8 Å². The minimum absolute atomic E-state index is 0.431. The summed E-state index contributed by atoms with van der Waals surface area (Å²) < 4.78 is 11.3. The summed E-state index contributed by atoms with van der Waals surface area (Å²) >= 11 is 1.74. The van der Waals surface area contributed by atoms with Crippen LogP contribution in [0.2, 0.25) is 0 Å². The van der Waals surface area contributed by atoms with E-state index in [0.29, 0.717) is 19.3 Å². The van der Waals surface area contributed by atoms with Gasteiger partial charge >= 0.3 is 0 Å². The van der Waals surface area contributed by atoms with Crippen molar-refractivity contribution < 1.29 is 9.47 Å². The molecular formula is C15H21NO2S. The van der Waals surface area contributed by atoms with E-state index in [1.807, 2.05) is 6.08 Å². The predicted molar refractivity (Wildman–Crippen MR) is 80.3 cm³/mol. The number of rotatable bonds is 6. The largest absolute Gasteiger partial charge is 0.486 e. The Morgan fingerprint density at radius 3 is 2.68 bits per heavy atom. The summed E-state index contributed by atoms with van der Waals surface area (Å²) in [6.07, 6.45) is 5.00. The number of benzene rings is 1. The molecule has 1 unspecified atom stereocenters. The summed E-state index contributed by atoms with van der Waals surface area (Å²) in [4.78, 5) is 1.24. The minimum Gasteiger partial charge on any atom is -0.486 e. The maximum Gasteiger partial charge on any atom is 0.162 e. The quantitative estimate of drug-likeness (QED) is 0.640. The molecule has 1 aliphatic heterocycles. The molecule has 4 heteroatoms. The van der Waals surface area contributed by atoms with Crippen LogP contribution in [0.25, 0.3) is 0 Å². The highest BCUT2D eigenvalue weighted by molar-refractivity contribution is 7.98. The third-order valence-electron chi connectivity index (χ3n) is 3.11. The van der Waals surface area contributed by atoms with E-state index in [-0.39, 0.29) is 0 Å². The molecule has 19 heavy (non-hydrogen) atoms. The van der Waals surface area contributed by atoms with Crippen molar-refractivity contribution in [3.63, 3.8) is 0 Å². The van der Waals surface area contributed by atoms with Gasteiger partial charge in [0, 0.05) is 17.5 Å². The Labute approximate surface area is 119 Å². The lowest BCUT2D eigenvalue weighted by Crippen LogP contribution is -2.25. The summed E-state index contributed by atoms with van der Waals surface area (Å²) in [6, 6.07) is 4.60. The average molecular weight is 279 g/mol. The van der Waals surface area contributed by atoms with Crippen molar-refractivity contribution in [3.8, 4) is 11.5 Å². The molecule has 0 radical (unpaired) electrons. The summed E-state index contributed by atoms with van der Waals surface area (Å²) in [5.41, 5.74) is 1.26. The molecule has 1 N–H and O–H groups in total. The highest BCUT2D eigenvalue weighted by Gasteiger charge is 2.15. The summed E-state index contributed by atoms with van der Waals surface area (Å²) in [6.45, 7) is 8.03. The van der Waals surface area contributed by atoms with Gasteiger partial charge in [-0.15, -0.1) is 18.3 Å². The Morgan fingerprint density at radius 1 is 1.37 bits per heavy atom. The van der Waals surface area contributed by atoms with Crippen LogP contribution in [0.5, 0.6) is 11.5 Å². The third kappa shape index (κ3) is 3.67. The van der Waals surface area contributed by atoms with E-state index in [9.17, 15) is 0 Å². The Kier molecular flexibility index (Phi) is 5.16. The first kappa shape index (κ1) is 14.3. The van der Waals surface area contributed by atoms with Crippen LogP contribution in [-0.2, 0) is 6.54 Å². The maximum atomic E-state index is 5.64. The minimum atomic E-state index is 0.431. The van der Waals surface area contributed by atoms with Crippen LogP contribution in [0.15, 0.2) is 29.7 Å². The van der Waals surface area contributed by atoms with Crippen molar-refractivity contribution in [3.05, 3.63) is 30.4 Å². The van der Waals surface area contributed by atoms with E-state index in [4.69, 9.17) is 9.47 Å². The number of ether oxygens (including phenoxy) is 2. The fourth-order valence-corrected chi connectivity index (χ4v) is 2.68. The second-order valence-electron chi connectivity index (χ2n) is 4.61. The van der Waals surface area contributed by atoms with E-state index >= 15 is 0 Å². The van der Waals surface area contributed by atoms with Gasteiger partial charge < -0.3 is 14.8 Å². The molecule has 0 aliphatic carbocycles. The molecule has 0 saturated heterocycles. The Morgan fingerprint density at radius 2 is 2.05 bits per heavy atom. The van der Waals surface area contributed by atoms with Gasteiger partial charge in [0.1, 0.15) is 13.2 Å². The average Bonchev–Trinajstić information content (AvgIpc) is 2.44. The third-order valence-corrected chi connectivity index (χ3v) is 3.93. The molecule has 0 aromatic heterocycles. The molecule has 104 valence electrons. The molecule has 0 saturated carbocycles. The molecular weight excluding hydrogens is 258 g/mol. The van der Waals surface area contributed by atoms with E-state index < -0.39 is 0 Å². The first-order valence-corrected chi connectivity index (χ1v) is 7.78. The lowest BCUT2D eigenvalue weighted by atomic mass is 10.1. The highest BCUT2D eigenvalue weighted by Crippen LogP contribution is 2.36. The molecule has 1 aromatic carbocycles. The van der Waals surface area contributed by atoms with Crippen LogP contribution < -0.4 is 14.8 Å². The number of hydrogen-bond donors (Lipinski definition) is 1. The van der Waals surface area contributed by atoms with Gasteiger partial charge in [-0.2, -0.15) is 0 Å². The van der Waals surface area contributed by atoms with Crippen molar-refractivity contribution in [2.24, 2.45) is 0 Å². The standard InChI is InChI=1S/C15H21NO2S/c1-4-5-11(2)16-10-12-8-13-14(9-15(12)19-3)18-7-6-17-13/h4,8-9,11,16H,1,5-7,10H2,2-3H3. The van der Waals surface area contributed by atoms with E-state index in [1.165, 1.54) is 10.5 Å². The van der Waals surface area contributed by atoms with Gasteiger partial charge in [-0.3, -0.25) is 0 Å². The molecule has 3 nitrogen and oxygen atoms in total. The zero-order valence-corrected chi connectivity index (χ0v) is 12.4. The first-order valence-electron chi connectivity index (χ1n) is 6.55. The lowest BCUT2D eigenvalue weighted by Gasteiger charge is -2.21. The smallest absolute Gasteiger partial charge is 0.162 e. The van der Waals surface area contributed by atoms with Crippen LogP contribution in [0.4, 0.5) is 0 Å². The molecule has 0 fully saturated rings. The van der Waals surface area contributed by atoms with Gasteiger partial charge in [-0.1, -0.05) is 6.08 Å². The van der Waals surface area contributed by atoms with Crippen LogP contribution >= 0.6 is 11.8 Å². The van der Waals surface area contributed by atoms with Crippen molar-refractivity contribution >= 4 is 11.8 Å². The van der Waals surface area contributed by atoms with Crippen LogP contribution in [0.1, 0.15) is 18.9 Å². The Hall–Kier alpha value is -1.13. The SMILES string of the molecule is C=CCC(C)NCc1cc2c(cc1SC)OCCO2. The highest BCUT2D eigenvalue weighted by atomic mass is 32.2. The summed E-state index contributed by atoms with van der Waals surface area (Å²) in [7, 11) is 0. The van der Waals surface area contributed by atoms with E-state index in [2.05, 4.69) is 37.2 Å². The number of thioether (sulfide) groups is 1. The van der Waals surface area contributed by atoms with Gasteiger partial charge in [-0.05, 0) is 37.3 Å². The second-order valence-corrected chi connectivity index (χ2v) is 5.46. The zero-order chi connectivity index (χ0) is 13.7. The molecule has 0 spiro atoms. The van der Waals surface area contributed by atoms with Crippen LogP contribution in [0, 0.1) is 0 Å². The number of hydrogen-bond acceptors (Lipinski definition) is 4. The first-order chi connectivity index (χ1) is 9.24. The zero-order valence-electron chi connectivity index (χ0n) is 11.6. The fraction of sp³-hybridized carbons (Fsp3) is 0.467. The summed E-state index contributed by atoms with van der Waals surface area (Å²) in [5, 5.41) is 3.50. The molecule has 0 amide bonds. The topological polar surface area (TPSA) is 30.5 Å². The predicted octanol–water partition coefficient (Wildman–Crippen LogP) is 3.23. The van der Waals surface area contributed by atoms with Crippen LogP contribution in [-0.4, -0.2) is 25.5 Å².